The lowest BCUT2D eigenvalue weighted by atomic mass is 9.96. The summed E-state index contributed by atoms with van der Waals surface area (Å²) in [7, 11) is 0. The first-order valence-electron chi connectivity index (χ1n) is 11.3. The number of nitrogens with one attached hydrogen (secondary N) is 2. The van der Waals surface area contributed by atoms with Crippen LogP contribution in [0.1, 0.15) is 41.6 Å². The maximum absolute atomic E-state index is 13.0. The third-order valence-electron chi connectivity index (χ3n) is 6.32. The van der Waals surface area contributed by atoms with Crippen molar-refractivity contribution in [1.82, 2.24) is 9.80 Å². The summed E-state index contributed by atoms with van der Waals surface area (Å²) in [6, 6.07) is 14.6. The maximum atomic E-state index is 13.0. The molecule has 2 N–H and O–H groups in total. The Morgan fingerprint density at radius 3 is 2.31 bits per heavy atom. The van der Waals surface area contributed by atoms with Gasteiger partial charge in [0.1, 0.15) is 0 Å². The summed E-state index contributed by atoms with van der Waals surface area (Å²) in [6.07, 6.45) is 3.58. The third-order valence-corrected chi connectivity index (χ3v) is 6.32. The second kappa shape index (κ2) is 9.85. The van der Waals surface area contributed by atoms with Gasteiger partial charge in [-0.05, 0) is 62.4 Å². The summed E-state index contributed by atoms with van der Waals surface area (Å²) in [6.45, 7) is 4.45. The van der Waals surface area contributed by atoms with E-state index < -0.39 is 0 Å². The van der Waals surface area contributed by atoms with Crippen LogP contribution in [0.15, 0.2) is 48.5 Å². The maximum Gasteiger partial charge on any atom is 0.321 e. The lowest BCUT2D eigenvalue weighted by Gasteiger charge is -2.32. The molecule has 4 amide bonds. The molecule has 2 aliphatic heterocycles. The molecule has 7 nitrogen and oxygen atoms in total. The van der Waals surface area contributed by atoms with Gasteiger partial charge in [-0.3, -0.25) is 9.59 Å². The van der Waals surface area contributed by atoms with E-state index in [1.165, 1.54) is 0 Å². The van der Waals surface area contributed by atoms with Gasteiger partial charge in [-0.15, -0.1) is 0 Å². The van der Waals surface area contributed by atoms with Crippen molar-refractivity contribution in [2.24, 2.45) is 5.92 Å². The van der Waals surface area contributed by atoms with Crippen LogP contribution in [0.4, 0.5) is 16.2 Å². The van der Waals surface area contributed by atoms with Gasteiger partial charge in [-0.1, -0.05) is 24.3 Å². The van der Waals surface area contributed by atoms with Crippen molar-refractivity contribution >= 4 is 29.2 Å². The normalized spacial score (nSPS) is 18.3. The molecule has 168 valence electrons. The van der Waals surface area contributed by atoms with Crippen LogP contribution in [0, 0.1) is 12.8 Å². The lowest BCUT2D eigenvalue weighted by molar-refractivity contribution is -0.121. The van der Waals surface area contributed by atoms with Crippen molar-refractivity contribution in [3.8, 4) is 0 Å². The van der Waals surface area contributed by atoms with Crippen molar-refractivity contribution in [1.29, 1.82) is 0 Å². The molecule has 7 heteroatoms. The van der Waals surface area contributed by atoms with Gasteiger partial charge in [0.15, 0.2) is 0 Å². The second-order valence-electron chi connectivity index (χ2n) is 8.55. The minimum Gasteiger partial charge on any atom is -0.339 e. The molecular formula is C25H30N4O3. The van der Waals surface area contributed by atoms with Crippen LogP contribution in [0.25, 0.3) is 0 Å². The second-order valence-corrected chi connectivity index (χ2v) is 8.55. The average molecular weight is 435 g/mol. The van der Waals surface area contributed by atoms with Crippen LogP contribution in [-0.4, -0.2) is 53.8 Å². The molecule has 4 rings (SSSR count). The fourth-order valence-electron chi connectivity index (χ4n) is 4.43. The molecule has 2 aromatic rings. The highest BCUT2D eigenvalue weighted by Crippen LogP contribution is 2.25. The van der Waals surface area contributed by atoms with Crippen molar-refractivity contribution in [3.63, 3.8) is 0 Å². The molecule has 2 heterocycles. The number of rotatable bonds is 4. The largest absolute Gasteiger partial charge is 0.339 e. The number of urea groups is 1. The van der Waals surface area contributed by atoms with E-state index in [4.69, 9.17) is 0 Å². The number of carbonyl (C=O) groups excluding carboxylic acids is 3. The molecule has 0 aliphatic carbocycles. The minimum absolute atomic E-state index is 0.0255. The highest BCUT2D eigenvalue weighted by atomic mass is 16.2. The first-order chi connectivity index (χ1) is 15.5. The summed E-state index contributed by atoms with van der Waals surface area (Å²) in [4.78, 5) is 42.1. The number of amides is 4. The fourth-order valence-corrected chi connectivity index (χ4v) is 4.43. The summed E-state index contributed by atoms with van der Waals surface area (Å²) >= 11 is 0. The number of piperidine rings is 1. The minimum atomic E-state index is -0.289. The van der Waals surface area contributed by atoms with Gasteiger partial charge in [0.25, 0.3) is 5.91 Å². The van der Waals surface area contributed by atoms with E-state index in [2.05, 4.69) is 10.6 Å². The van der Waals surface area contributed by atoms with Crippen molar-refractivity contribution < 1.29 is 14.4 Å². The predicted octanol–water partition coefficient (Wildman–Crippen LogP) is 4.11. The first-order valence-corrected chi connectivity index (χ1v) is 11.3. The number of anilines is 2. The monoisotopic (exact) mass is 434 g/mol. The Labute approximate surface area is 188 Å². The number of para-hydroxylation sites is 1. The Morgan fingerprint density at radius 2 is 1.56 bits per heavy atom. The first kappa shape index (κ1) is 21.9. The highest BCUT2D eigenvalue weighted by Gasteiger charge is 2.29. The van der Waals surface area contributed by atoms with Crippen molar-refractivity contribution in [3.05, 3.63) is 59.7 Å². The van der Waals surface area contributed by atoms with Gasteiger partial charge in [-0.25, -0.2) is 4.79 Å². The van der Waals surface area contributed by atoms with Gasteiger partial charge >= 0.3 is 6.03 Å². The zero-order valence-corrected chi connectivity index (χ0v) is 18.5. The van der Waals surface area contributed by atoms with Gasteiger partial charge in [0.2, 0.25) is 5.91 Å². The smallest absolute Gasteiger partial charge is 0.321 e. The Kier molecular flexibility index (Phi) is 6.73. The summed E-state index contributed by atoms with van der Waals surface area (Å²) in [5, 5.41) is 5.90. The van der Waals surface area contributed by atoms with Gasteiger partial charge < -0.3 is 20.4 Å². The zero-order chi connectivity index (χ0) is 22.5. The topological polar surface area (TPSA) is 81.8 Å². The molecule has 32 heavy (non-hydrogen) atoms. The van der Waals surface area contributed by atoms with Gasteiger partial charge in [-0.2, -0.15) is 0 Å². The number of hydrogen-bond acceptors (Lipinski definition) is 3. The standard InChI is InChI=1S/C25H30N4O3/c1-18-21(24(31)28-14-5-6-15-28)12-7-13-22(18)27-23(30)19-9-8-16-29(17-19)25(32)26-20-10-3-2-4-11-20/h2-4,7,10-13,19H,5-6,8-9,14-17H2,1H3,(H,26,32)(H,27,30). The van der Waals surface area contributed by atoms with Crippen molar-refractivity contribution in [2.45, 2.75) is 32.6 Å². The molecule has 2 fully saturated rings. The Morgan fingerprint density at radius 1 is 0.844 bits per heavy atom. The number of nitrogens with zero attached hydrogens (tertiary/aromatic N) is 2. The SMILES string of the molecule is Cc1c(NC(=O)C2CCCN(C(=O)Nc3ccccc3)C2)cccc1C(=O)N1CCCC1. The lowest BCUT2D eigenvalue weighted by Crippen LogP contribution is -2.45. The van der Waals surface area contributed by atoms with Crippen LogP contribution in [0.3, 0.4) is 0 Å². The average Bonchev–Trinajstić information content (AvgIpc) is 3.36. The molecule has 1 unspecified atom stereocenters. The number of hydrogen-bond donors (Lipinski definition) is 2. The van der Waals surface area contributed by atoms with Gasteiger partial charge in [0, 0.05) is 43.1 Å². The quantitative estimate of drug-likeness (QED) is 0.760. The Balaban J connectivity index is 1.39. The summed E-state index contributed by atoms with van der Waals surface area (Å²) < 4.78 is 0. The molecule has 0 aromatic heterocycles. The molecule has 1 atom stereocenters. The molecule has 0 spiro atoms. The molecule has 0 bridgehead atoms. The predicted molar refractivity (Wildman–Crippen MR) is 125 cm³/mol. The molecular weight excluding hydrogens is 404 g/mol. The van der Waals surface area contributed by atoms with E-state index in [0.717, 1.165) is 50.0 Å². The van der Waals surface area contributed by atoms with E-state index in [9.17, 15) is 14.4 Å². The van der Waals surface area contributed by atoms with Crippen LogP contribution in [-0.2, 0) is 4.79 Å². The number of carbonyl (C=O) groups is 3. The third kappa shape index (κ3) is 4.93. The molecule has 2 aliphatic rings. The van der Waals surface area contributed by atoms with E-state index in [0.29, 0.717) is 24.3 Å². The number of benzene rings is 2. The van der Waals surface area contributed by atoms with Crippen LogP contribution < -0.4 is 10.6 Å². The molecule has 0 radical (unpaired) electrons. The number of likely N-dealkylation sites (tertiary alicyclic amines) is 2. The van der Waals surface area contributed by atoms with E-state index in [1.807, 2.05) is 60.4 Å². The van der Waals surface area contributed by atoms with Crippen LogP contribution in [0.2, 0.25) is 0 Å². The van der Waals surface area contributed by atoms with Crippen LogP contribution >= 0.6 is 0 Å². The van der Waals surface area contributed by atoms with E-state index in [1.54, 1.807) is 4.90 Å². The molecule has 2 aromatic carbocycles. The summed E-state index contributed by atoms with van der Waals surface area (Å²) in [5.41, 5.74) is 2.81. The molecule has 2 saturated heterocycles. The van der Waals surface area contributed by atoms with Crippen molar-refractivity contribution in [2.75, 3.05) is 36.8 Å². The van der Waals surface area contributed by atoms with Crippen LogP contribution in [0.5, 0.6) is 0 Å². The van der Waals surface area contributed by atoms with E-state index >= 15 is 0 Å². The van der Waals surface area contributed by atoms with E-state index in [-0.39, 0.29) is 23.8 Å². The zero-order valence-electron chi connectivity index (χ0n) is 18.5. The Hall–Kier alpha value is -3.35. The molecule has 0 saturated carbocycles. The summed E-state index contributed by atoms with van der Waals surface area (Å²) in [5.74, 6) is -0.379. The highest BCUT2D eigenvalue weighted by molar-refractivity contribution is 6.00. The Bertz CT molecular complexity index is 986. The van der Waals surface area contributed by atoms with Gasteiger partial charge in [0.05, 0.1) is 5.92 Å². The fraction of sp³-hybridized carbons (Fsp3) is 0.400.